The lowest BCUT2D eigenvalue weighted by Gasteiger charge is -2.29. The van der Waals surface area contributed by atoms with Crippen LogP contribution in [0.4, 0.5) is 0 Å². The van der Waals surface area contributed by atoms with Crippen molar-refractivity contribution in [1.82, 2.24) is 5.32 Å². The monoisotopic (exact) mass is 361 g/mol. The number of aliphatic hydroxyl groups excluding tert-OH is 1. The van der Waals surface area contributed by atoms with Gasteiger partial charge in [-0.25, -0.2) is 0 Å². The number of hydrogen-bond acceptors (Lipinski definition) is 2. The number of benzene rings is 1. The molecule has 17 heavy (non-hydrogen) atoms. The Balaban J connectivity index is 2.23. The van der Waals surface area contributed by atoms with Crippen LogP contribution in [0.2, 0.25) is 0 Å². The molecule has 1 aliphatic heterocycles. The summed E-state index contributed by atoms with van der Waals surface area (Å²) in [6.45, 7) is 3.05. The summed E-state index contributed by atoms with van der Waals surface area (Å²) in [5, 5.41) is 13.8. The molecule has 1 saturated heterocycles. The molecule has 1 aromatic carbocycles. The fourth-order valence-electron chi connectivity index (χ4n) is 2.25. The zero-order valence-corrected chi connectivity index (χ0v) is 13.0. The van der Waals surface area contributed by atoms with Crippen molar-refractivity contribution < 1.29 is 5.11 Å². The van der Waals surface area contributed by atoms with E-state index in [-0.39, 0.29) is 6.04 Å². The molecule has 2 rings (SSSR count). The van der Waals surface area contributed by atoms with Crippen molar-refractivity contribution >= 4 is 31.9 Å². The van der Waals surface area contributed by atoms with Gasteiger partial charge in [0, 0.05) is 15.0 Å². The van der Waals surface area contributed by atoms with Gasteiger partial charge in [0.05, 0.1) is 6.10 Å². The van der Waals surface area contributed by atoms with Crippen LogP contribution in [-0.2, 0) is 0 Å². The first-order chi connectivity index (χ1) is 8.09. The van der Waals surface area contributed by atoms with Crippen LogP contribution in [0.1, 0.15) is 36.5 Å². The van der Waals surface area contributed by atoms with Crippen molar-refractivity contribution in [2.45, 2.75) is 38.3 Å². The predicted molar refractivity (Wildman–Crippen MR) is 77.2 cm³/mol. The number of piperidine rings is 1. The maximum Gasteiger partial charge on any atom is 0.0954 e. The molecule has 0 saturated carbocycles. The van der Waals surface area contributed by atoms with E-state index in [9.17, 15) is 5.11 Å². The van der Waals surface area contributed by atoms with Gasteiger partial charge in [0.15, 0.2) is 0 Å². The zero-order valence-electron chi connectivity index (χ0n) is 9.84. The van der Waals surface area contributed by atoms with Crippen molar-refractivity contribution in [2.24, 2.45) is 0 Å². The minimum Gasteiger partial charge on any atom is -0.387 e. The Morgan fingerprint density at radius 1 is 1.29 bits per heavy atom. The van der Waals surface area contributed by atoms with E-state index >= 15 is 0 Å². The summed E-state index contributed by atoms with van der Waals surface area (Å²) in [5.41, 5.74) is 2.13. The molecule has 1 heterocycles. The molecule has 0 bridgehead atoms. The van der Waals surface area contributed by atoms with E-state index in [1.165, 1.54) is 18.4 Å². The third kappa shape index (κ3) is 3.11. The predicted octanol–water partition coefficient (Wildman–Crippen LogP) is 3.70. The number of rotatable bonds is 2. The first-order valence-electron chi connectivity index (χ1n) is 5.96. The van der Waals surface area contributed by atoms with Crippen LogP contribution in [0, 0.1) is 6.92 Å². The third-order valence-corrected chi connectivity index (χ3v) is 4.87. The lowest BCUT2D eigenvalue weighted by atomic mass is 9.94. The second-order valence-corrected chi connectivity index (χ2v) is 6.33. The van der Waals surface area contributed by atoms with Crippen molar-refractivity contribution in [3.63, 3.8) is 0 Å². The number of nitrogens with one attached hydrogen (secondary N) is 1. The standard InChI is InChI=1S/C13H17Br2NO/c1-8-6-11(15)9(7-10(8)14)13(17)12-4-2-3-5-16-12/h6-7,12-13,16-17H,2-5H2,1H3. The van der Waals surface area contributed by atoms with Gasteiger partial charge in [-0.3, -0.25) is 0 Å². The van der Waals surface area contributed by atoms with Gasteiger partial charge >= 0.3 is 0 Å². The van der Waals surface area contributed by atoms with Crippen molar-refractivity contribution in [3.05, 3.63) is 32.2 Å². The molecule has 1 aliphatic rings. The van der Waals surface area contributed by atoms with Crippen LogP contribution < -0.4 is 5.32 Å². The van der Waals surface area contributed by atoms with Gasteiger partial charge in [-0.05, 0) is 49.6 Å². The lowest BCUT2D eigenvalue weighted by Crippen LogP contribution is -2.38. The quantitative estimate of drug-likeness (QED) is 0.840. The van der Waals surface area contributed by atoms with E-state index in [1.807, 2.05) is 19.1 Å². The molecule has 0 spiro atoms. The number of hydrogen-bond donors (Lipinski definition) is 2. The number of aliphatic hydroxyl groups is 1. The van der Waals surface area contributed by atoms with Crippen LogP contribution in [0.15, 0.2) is 21.1 Å². The highest BCUT2D eigenvalue weighted by Gasteiger charge is 2.24. The largest absolute Gasteiger partial charge is 0.387 e. The van der Waals surface area contributed by atoms with Gasteiger partial charge in [-0.1, -0.05) is 38.3 Å². The summed E-state index contributed by atoms with van der Waals surface area (Å²) in [5.74, 6) is 0. The average Bonchev–Trinajstić information content (AvgIpc) is 2.34. The normalized spacial score (nSPS) is 22.5. The second kappa shape index (κ2) is 5.83. The Morgan fingerprint density at radius 3 is 2.71 bits per heavy atom. The third-order valence-electron chi connectivity index (χ3n) is 3.33. The van der Waals surface area contributed by atoms with Gasteiger partial charge in [0.1, 0.15) is 0 Å². The summed E-state index contributed by atoms with van der Waals surface area (Å²) in [4.78, 5) is 0. The molecule has 0 amide bonds. The molecule has 2 atom stereocenters. The molecule has 94 valence electrons. The van der Waals surface area contributed by atoms with Crippen LogP contribution in [-0.4, -0.2) is 17.7 Å². The summed E-state index contributed by atoms with van der Waals surface area (Å²) in [7, 11) is 0. The summed E-state index contributed by atoms with van der Waals surface area (Å²) < 4.78 is 2.03. The highest BCUT2D eigenvalue weighted by Crippen LogP contribution is 2.32. The van der Waals surface area contributed by atoms with E-state index in [0.717, 1.165) is 27.5 Å². The highest BCUT2D eigenvalue weighted by molar-refractivity contribution is 9.11. The maximum absolute atomic E-state index is 10.4. The molecule has 4 heteroatoms. The van der Waals surface area contributed by atoms with E-state index in [2.05, 4.69) is 37.2 Å². The first-order valence-corrected chi connectivity index (χ1v) is 7.55. The van der Waals surface area contributed by atoms with Crippen LogP contribution in [0.3, 0.4) is 0 Å². The highest BCUT2D eigenvalue weighted by atomic mass is 79.9. The Morgan fingerprint density at radius 2 is 2.06 bits per heavy atom. The Bertz CT molecular complexity index is 403. The molecular weight excluding hydrogens is 346 g/mol. The van der Waals surface area contributed by atoms with Gasteiger partial charge in [-0.2, -0.15) is 0 Å². The summed E-state index contributed by atoms with van der Waals surface area (Å²) in [6.07, 6.45) is 3.00. The van der Waals surface area contributed by atoms with E-state index in [1.54, 1.807) is 0 Å². The Hall–Kier alpha value is 0.1000. The van der Waals surface area contributed by atoms with E-state index < -0.39 is 6.10 Å². The second-order valence-electron chi connectivity index (χ2n) is 4.62. The minimum absolute atomic E-state index is 0.176. The minimum atomic E-state index is -0.443. The molecule has 0 radical (unpaired) electrons. The average molecular weight is 363 g/mol. The smallest absolute Gasteiger partial charge is 0.0954 e. The zero-order chi connectivity index (χ0) is 12.4. The molecule has 0 aliphatic carbocycles. The maximum atomic E-state index is 10.4. The molecule has 2 N–H and O–H groups in total. The van der Waals surface area contributed by atoms with Gasteiger partial charge in [-0.15, -0.1) is 0 Å². The fourth-order valence-corrected chi connectivity index (χ4v) is 3.31. The first kappa shape index (κ1) is 13.5. The SMILES string of the molecule is Cc1cc(Br)c(C(O)C2CCCCN2)cc1Br. The molecule has 1 fully saturated rings. The van der Waals surface area contributed by atoms with Crippen LogP contribution in [0.5, 0.6) is 0 Å². The summed E-state index contributed by atoms with van der Waals surface area (Å²) in [6, 6.07) is 4.24. The van der Waals surface area contributed by atoms with Gasteiger partial charge < -0.3 is 10.4 Å². The van der Waals surface area contributed by atoms with E-state index in [0.29, 0.717) is 0 Å². The van der Waals surface area contributed by atoms with E-state index in [4.69, 9.17) is 0 Å². The van der Waals surface area contributed by atoms with Crippen molar-refractivity contribution in [1.29, 1.82) is 0 Å². The topological polar surface area (TPSA) is 32.3 Å². The number of aryl methyl sites for hydroxylation is 1. The van der Waals surface area contributed by atoms with Crippen LogP contribution in [0.25, 0.3) is 0 Å². The van der Waals surface area contributed by atoms with Crippen molar-refractivity contribution in [2.75, 3.05) is 6.54 Å². The Kier molecular flexibility index (Phi) is 4.64. The van der Waals surface area contributed by atoms with Crippen molar-refractivity contribution in [3.8, 4) is 0 Å². The molecule has 1 aromatic rings. The van der Waals surface area contributed by atoms with Crippen LogP contribution >= 0.6 is 31.9 Å². The molecule has 0 aromatic heterocycles. The number of halogens is 2. The lowest BCUT2D eigenvalue weighted by molar-refractivity contribution is 0.113. The molecule has 2 unspecified atom stereocenters. The summed E-state index contributed by atoms with van der Waals surface area (Å²) >= 11 is 7.06. The molecule has 2 nitrogen and oxygen atoms in total. The molecular formula is C13H17Br2NO. The Labute approximate surface area is 119 Å². The van der Waals surface area contributed by atoms with Gasteiger partial charge in [0.25, 0.3) is 0 Å². The fraction of sp³-hybridized carbons (Fsp3) is 0.538. The van der Waals surface area contributed by atoms with Gasteiger partial charge in [0.2, 0.25) is 0 Å².